The smallest absolute Gasteiger partial charge is 0.0789 e. The highest BCUT2D eigenvalue weighted by Gasteiger charge is 2.11. The zero-order chi connectivity index (χ0) is 42.3. The van der Waals surface area contributed by atoms with E-state index in [9.17, 15) is 10.2 Å². The number of allylic oxidation sites excluding steroid dienone is 8. The lowest BCUT2D eigenvalue weighted by atomic mass is 10.1. The van der Waals surface area contributed by atoms with Crippen LogP contribution in [0.25, 0.3) is 0 Å². The van der Waals surface area contributed by atoms with Crippen molar-refractivity contribution in [3.05, 3.63) is 48.6 Å². The molecule has 0 aliphatic heterocycles. The normalized spacial score (nSPS) is 13.4. The quantitative estimate of drug-likeness (QED) is 0.0360. The third-order valence-electron chi connectivity index (χ3n) is 11.5. The zero-order valence-corrected chi connectivity index (χ0v) is 39.0. The maximum Gasteiger partial charge on any atom is 0.0789 e. The molecule has 0 saturated carbocycles. The molecular formula is C53H106N4O2. The maximum atomic E-state index is 10.2. The molecule has 59 heavy (non-hydrogen) atoms. The second kappa shape index (κ2) is 51.1. The van der Waals surface area contributed by atoms with Crippen LogP contribution >= 0.6 is 0 Å². The molecule has 350 valence electrons. The lowest BCUT2D eigenvalue weighted by Gasteiger charge is -2.24. The highest BCUT2D eigenvalue weighted by atomic mass is 16.3. The summed E-state index contributed by atoms with van der Waals surface area (Å²) in [6.45, 7) is 11.0. The van der Waals surface area contributed by atoms with Gasteiger partial charge in [0.05, 0.1) is 12.2 Å². The summed E-state index contributed by atoms with van der Waals surface area (Å²) in [7, 11) is 0. The van der Waals surface area contributed by atoms with Gasteiger partial charge in [-0.15, -0.1) is 0 Å². The number of aliphatic hydroxyl groups is 2. The fourth-order valence-electron chi connectivity index (χ4n) is 7.71. The van der Waals surface area contributed by atoms with Crippen molar-refractivity contribution in [3.8, 4) is 0 Å². The van der Waals surface area contributed by atoms with E-state index in [2.05, 4.69) is 72.3 Å². The Morgan fingerprint density at radius 1 is 0.356 bits per heavy atom. The summed E-state index contributed by atoms with van der Waals surface area (Å²) in [5.74, 6) is 0. The summed E-state index contributed by atoms with van der Waals surface area (Å²) in [6, 6.07) is 0. The molecule has 0 aromatic heterocycles. The second-order valence-corrected chi connectivity index (χ2v) is 17.4. The lowest BCUT2D eigenvalue weighted by Crippen LogP contribution is -2.37. The first-order chi connectivity index (χ1) is 28.6. The van der Waals surface area contributed by atoms with E-state index < -0.39 is 12.2 Å². The van der Waals surface area contributed by atoms with Crippen LogP contribution in [0.4, 0.5) is 0 Å². The molecule has 2 atom stereocenters. The summed E-state index contributed by atoms with van der Waals surface area (Å²) in [5, 5.41) is 20.5. The first-order valence-corrected chi connectivity index (χ1v) is 25.4. The van der Waals surface area contributed by atoms with Crippen molar-refractivity contribution in [2.24, 2.45) is 11.5 Å². The van der Waals surface area contributed by atoms with Gasteiger partial charge in [0, 0.05) is 26.2 Å². The summed E-state index contributed by atoms with van der Waals surface area (Å²) >= 11 is 0. The highest BCUT2D eigenvalue weighted by Crippen LogP contribution is 2.14. The third kappa shape index (κ3) is 47.6. The lowest BCUT2D eigenvalue weighted by molar-refractivity contribution is 0.115. The van der Waals surface area contributed by atoms with Crippen LogP contribution < -0.4 is 11.5 Å². The topological polar surface area (TPSA) is 99.0 Å². The zero-order valence-electron chi connectivity index (χ0n) is 39.0. The summed E-state index contributed by atoms with van der Waals surface area (Å²) in [6.07, 6.45) is 58.8. The van der Waals surface area contributed by atoms with E-state index in [4.69, 9.17) is 11.5 Å². The standard InChI is InChI=1S/C52H102N4O2.CH4/c1-3-5-7-9-11-13-15-17-19-21-23-25-27-31-35-39-43-55(49-51(57)47-53)45-41-37-33-29-30-34-38-42-46-56(50-52(58)48-54)44-40-36-32-28-26-24-22-20-18-16-14-12-10-8-6-4-2;/h11-14,17-20,51-52,57-58H,3-10,15-16,21-50,53-54H2,1-2H3;1H4/b13-11-,14-12-,19-17+,20-18+;. The molecule has 0 bridgehead atoms. The summed E-state index contributed by atoms with van der Waals surface area (Å²) in [5.41, 5.74) is 11.5. The first kappa shape index (κ1) is 59.8. The fourth-order valence-corrected chi connectivity index (χ4v) is 7.71. The average molecular weight is 831 g/mol. The van der Waals surface area contributed by atoms with Crippen molar-refractivity contribution in [1.29, 1.82) is 0 Å². The number of aliphatic hydroxyl groups excluding tert-OH is 2. The molecule has 0 spiro atoms. The third-order valence-corrected chi connectivity index (χ3v) is 11.5. The molecule has 2 unspecified atom stereocenters. The minimum Gasteiger partial charge on any atom is -0.390 e. The van der Waals surface area contributed by atoms with Gasteiger partial charge in [-0.2, -0.15) is 0 Å². The van der Waals surface area contributed by atoms with Gasteiger partial charge >= 0.3 is 0 Å². The molecule has 0 aromatic rings. The summed E-state index contributed by atoms with van der Waals surface area (Å²) in [4.78, 5) is 4.92. The van der Waals surface area contributed by atoms with Crippen LogP contribution in [0.5, 0.6) is 0 Å². The fraction of sp³-hybridized carbons (Fsp3) is 0.849. The van der Waals surface area contributed by atoms with E-state index in [1.54, 1.807) is 0 Å². The number of nitrogens with zero attached hydrogens (tertiary/aromatic N) is 2. The number of hydrogen-bond acceptors (Lipinski definition) is 6. The van der Waals surface area contributed by atoms with Gasteiger partial charge in [0.2, 0.25) is 0 Å². The Hall–Kier alpha value is -1.28. The number of unbranched alkanes of at least 4 members (excludes halogenated alkanes) is 25. The molecule has 6 nitrogen and oxygen atoms in total. The predicted molar refractivity (Wildman–Crippen MR) is 265 cm³/mol. The van der Waals surface area contributed by atoms with E-state index in [0.29, 0.717) is 26.2 Å². The van der Waals surface area contributed by atoms with Crippen LogP contribution in [0.15, 0.2) is 48.6 Å². The number of hydrogen-bond donors (Lipinski definition) is 4. The van der Waals surface area contributed by atoms with Gasteiger partial charge in [0.1, 0.15) is 0 Å². The molecule has 0 amide bonds. The molecule has 0 aliphatic rings. The van der Waals surface area contributed by atoms with Crippen molar-refractivity contribution < 1.29 is 10.2 Å². The Morgan fingerprint density at radius 2 is 0.593 bits per heavy atom. The first-order valence-electron chi connectivity index (χ1n) is 25.4. The molecule has 0 radical (unpaired) electrons. The van der Waals surface area contributed by atoms with Crippen molar-refractivity contribution in [2.45, 2.75) is 239 Å². The van der Waals surface area contributed by atoms with Gasteiger partial charge in [0.25, 0.3) is 0 Å². The highest BCUT2D eigenvalue weighted by molar-refractivity contribution is 4.93. The molecule has 0 heterocycles. The minimum absolute atomic E-state index is 0. The number of rotatable bonds is 47. The Kier molecular flexibility index (Phi) is 51.8. The molecule has 0 rings (SSSR count). The van der Waals surface area contributed by atoms with E-state index in [1.807, 2.05) is 0 Å². The van der Waals surface area contributed by atoms with Gasteiger partial charge in [-0.05, 0) is 116 Å². The number of nitrogens with two attached hydrogens (primary N) is 2. The van der Waals surface area contributed by atoms with Gasteiger partial charge < -0.3 is 31.5 Å². The largest absolute Gasteiger partial charge is 0.390 e. The Labute approximate surface area is 370 Å². The van der Waals surface area contributed by atoms with Crippen molar-refractivity contribution >= 4 is 0 Å². The van der Waals surface area contributed by atoms with Gasteiger partial charge in [-0.3, -0.25) is 0 Å². The van der Waals surface area contributed by atoms with Crippen molar-refractivity contribution in [2.75, 3.05) is 52.4 Å². The Morgan fingerprint density at radius 3 is 0.847 bits per heavy atom. The maximum absolute atomic E-state index is 10.2. The SMILES string of the molecule is C.CCCCC/C=C\C/C=C/CCCCCCCCN(CCCCCCCCCCN(CCCCCCCC/C=C/C/C=C\CCCCC)CC(O)CN)CC(O)CN. The van der Waals surface area contributed by atoms with Crippen LogP contribution in [0.3, 0.4) is 0 Å². The Balaban J connectivity index is 0. The Bertz CT molecular complexity index is 834. The summed E-state index contributed by atoms with van der Waals surface area (Å²) < 4.78 is 0. The van der Waals surface area contributed by atoms with Crippen LogP contribution in [0, 0.1) is 0 Å². The molecule has 0 fully saturated rings. The van der Waals surface area contributed by atoms with Crippen LogP contribution in [0.2, 0.25) is 0 Å². The van der Waals surface area contributed by atoms with E-state index in [-0.39, 0.29) is 7.43 Å². The molecule has 6 N–H and O–H groups in total. The van der Waals surface area contributed by atoms with Crippen LogP contribution in [-0.2, 0) is 0 Å². The van der Waals surface area contributed by atoms with Gasteiger partial charge in [0.15, 0.2) is 0 Å². The van der Waals surface area contributed by atoms with Crippen LogP contribution in [-0.4, -0.2) is 84.6 Å². The van der Waals surface area contributed by atoms with Gasteiger partial charge in [-0.1, -0.05) is 185 Å². The van der Waals surface area contributed by atoms with Crippen LogP contribution in [0.1, 0.15) is 227 Å². The average Bonchev–Trinajstić information content (AvgIpc) is 3.23. The molecule has 0 saturated heterocycles. The van der Waals surface area contributed by atoms with E-state index in [0.717, 1.165) is 39.0 Å². The molecule has 0 aliphatic carbocycles. The van der Waals surface area contributed by atoms with E-state index >= 15 is 0 Å². The molecule has 6 heteroatoms. The van der Waals surface area contributed by atoms with Crippen molar-refractivity contribution in [1.82, 2.24) is 9.80 Å². The predicted octanol–water partition coefficient (Wildman–Crippen LogP) is 13.6. The van der Waals surface area contributed by atoms with E-state index in [1.165, 1.54) is 193 Å². The minimum atomic E-state index is -0.412. The monoisotopic (exact) mass is 831 g/mol. The molecule has 0 aromatic carbocycles. The van der Waals surface area contributed by atoms with Crippen molar-refractivity contribution in [3.63, 3.8) is 0 Å². The second-order valence-electron chi connectivity index (χ2n) is 17.4. The molecular weight excluding hydrogens is 725 g/mol. The van der Waals surface area contributed by atoms with Gasteiger partial charge in [-0.25, -0.2) is 0 Å².